The Balaban J connectivity index is 2.45. The molecule has 0 saturated heterocycles. The molecule has 2 heterocycles. The molecule has 1 unspecified atom stereocenters. The molecule has 0 fully saturated rings. The van der Waals surface area contributed by atoms with Gasteiger partial charge in [-0.05, 0) is 44.0 Å². The summed E-state index contributed by atoms with van der Waals surface area (Å²) in [4.78, 5) is 33.9. The van der Waals surface area contributed by atoms with Gasteiger partial charge in [0.15, 0.2) is 0 Å². The summed E-state index contributed by atoms with van der Waals surface area (Å²) in [5.74, 6) is -0.343. The smallest absolute Gasteiger partial charge is 0.261 e. The summed E-state index contributed by atoms with van der Waals surface area (Å²) in [5.41, 5.74) is 2.89. The van der Waals surface area contributed by atoms with Crippen molar-refractivity contribution in [2.75, 3.05) is 20.8 Å². The largest absolute Gasteiger partial charge is 0.382 e. The first kappa shape index (κ1) is 17.9. The minimum absolute atomic E-state index is 0.164. The van der Waals surface area contributed by atoms with Crippen molar-refractivity contribution in [2.45, 2.75) is 26.8 Å². The van der Waals surface area contributed by atoms with E-state index in [1.54, 1.807) is 27.3 Å². The van der Waals surface area contributed by atoms with Gasteiger partial charge in [-0.15, -0.1) is 0 Å². The van der Waals surface area contributed by atoms with E-state index in [0.29, 0.717) is 17.9 Å². The van der Waals surface area contributed by atoms with Crippen LogP contribution in [0, 0.1) is 20.8 Å². The zero-order valence-corrected chi connectivity index (χ0v) is 14.7. The molecule has 6 heteroatoms. The number of carbonyl (C=O) groups is 1. The van der Waals surface area contributed by atoms with Crippen molar-refractivity contribution in [1.29, 1.82) is 0 Å². The lowest BCUT2D eigenvalue weighted by molar-refractivity contribution is 0.0592. The van der Waals surface area contributed by atoms with Gasteiger partial charge in [0.25, 0.3) is 11.5 Å². The van der Waals surface area contributed by atoms with Gasteiger partial charge in [-0.2, -0.15) is 0 Å². The summed E-state index contributed by atoms with van der Waals surface area (Å²) < 4.78 is 5.25. The Morgan fingerprint density at radius 1 is 1.29 bits per heavy atom. The minimum atomic E-state index is -0.371. The Hall–Kier alpha value is -2.47. The van der Waals surface area contributed by atoms with Crippen LogP contribution in [0.25, 0.3) is 0 Å². The second-order valence-electron chi connectivity index (χ2n) is 5.85. The van der Waals surface area contributed by atoms with Crippen LogP contribution < -0.4 is 5.56 Å². The number of rotatable bonds is 5. The van der Waals surface area contributed by atoms with Gasteiger partial charge in [0.2, 0.25) is 0 Å². The van der Waals surface area contributed by atoms with E-state index in [-0.39, 0.29) is 23.1 Å². The zero-order valence-electron chi connectivity index (χ0n) is 14.7. The Labute approximate surface area is 141 Å². The van der Waals surface area contributed by atoms with E-state index in [1.807, 2.05) is 32.0 Å². The Kier molecular flexibility index (Phi) is 5.51. The fourth-order valence-electron chi connectivity index (χ4n) is 2.67. The number of hydrogen-bond acceptors (Lipinski definition) is 4. The Bertz CT molecular complexity index is 784. The number of nitrogens with one attached hydrogen (secondary N) is 1. The third kappa shape index (κ3) is 3.38. The van der Waals surface area contributed by atoms with Gasteiger partial charge >= 0.3 is 0 Å². The highest BCUT2D eigenvalue weighted by Gasteiger charge is 2.27. The molecule has 128 valence electrons. The van der Waals surface area contributed by atoms with Crippen LogP contribution in [-0.2, 0) is 4.74 Å². The highest BCUT2D eigenvalue weighted by Crippen LogP contribution is 2.21. The summed E-state index contributed by atoms with van der Waals surface area (Å²) in [6, 6.07) is 5.14. The first-order chi connectivity index (χ1) is 11.4. The molecule has 0 bridgehead atoms. The number of pyridine rings is 2. The number of ether oxygens (including phenoxy) is 1. The van der Waals surface area contributed by atoms with Gasteiger partial charge < -0.3 is 14.6 Å². The third-order valence-corrected chi connectivity index (χ3v) is 4.38. The molecule has 2 aromatic heterocycles. The fourth-order valence-corrected chi connectivity index (χ4v) is 2.67. The van der Waals surface area contributed by atoms with Crippen LogP contribution >= 0.6 is 0 Å². The molecule has 1 amide bonds. The summed E-state index contributed by atoms with van der Waals surface area (Å²) in [6.07, 6.45) is 1.67. The molecular formula is C18H23N3O3. The lowest BCUT2D eigenvalue weighted by atomic mass is 10.0. The molecule has 6 nitrogen and oxygen atoms in total. The number of H-pyrrole nitrogens is 1. The van der Waals surface area contributed by atoms with Crippen molar-refractivity contribution in [1.82, 2.24) is 14.9 Å². The van der Waals surface area contributed by atoms with Gasteiger partial charge in [0.1, 0.15) is 5.56 Å². The van der Waals surface area contributed by atoms with Gasteiger partial charge in [0, 0.05) is 26.0 Å². The second-order valence-corrected chi connectivity index (χ2v) is 5.85. The number of aryl methyl sites for hydroxylation is 1. The van der Waals surface area contributed by atoms with E-state index in [4.69, 9.17) is 4.74 Å². The van der Waals surface area contributed by atoms with E-state index in [0.717, 1.165) is 11.3 Å². The van der Waals surface area contributed by atoms with Gasteiger partial charge in [-0.25, -0.2) is 0 Å². The van der Waals surface area contributed by atoms with Crippen LogP contribution in [0.4, 0.5) is 0 Å². The Morgan fingerprint density at radius 2 is 2.00 bits per heavy atom. The highest BCUT2D eigenvalue weighted by atomic mass is 16.5. The molecule has 0 radical (unpaired) electrons. The molecule has 0 aromatic carbocycles. The number of aromatic amines is 1. The normalized spacial score (nSPS) is 12.0. The quantitative estimate of drug-likeness (QED) is 0.912. The third-order valence-electron chi connectivity index (χ3n) is 4.38. The average Bonchev–Trinajstić information content (AvgIpc) is 2.57. The monoisotopic (exact) mass is 329 g/mol. The van der Waals surface area contributed by atoms with E-state index in [1.165, 1.54) is 4.90 Å². The van der Waals surface area contributed by atoms with E-state index < -0.39 is 0 Å². The van der Waals surface area contributed by atoms with Crippen molar-refractivity contribution in [2.24, 2.45) is 0 Å². The lowest BCUT2D eigenvalue weighted by Gasteiger charge is -2.27. The first-order valence-electron chi connectivity index (χ1n) is 7.75. The average molecular weight is 329 g/mol. The topological polar surface area (TPSA) is 75.3 Å². The molecule has 0 spiro atoms. The second kappa shape index (κ2) is 7.40. The molecule has 0 saturated carbocycles. The van der Waals surface area contributed by atoms with Crippen LogP contribution in [0.15, 0.2) is 29.2 Å². The summed E-state index contributed by atoms with van der Waals surface area (Å²) >= 11 is 0. The van der Waals surface area contributed by atoms with Crippen LogP contribution in [0.3, 0.4) is 0 Å². The van der Waals surface area contributed by atoms with Crippen LogP contribution in [0.2, 0.25) is 0 Å². The predicted octanol–water partition coefficient (Wildman–Crippen LogP) is 2.15. The van der Waals surface area contributed by atoms with Gasteiger partial charge in [-0.1, -0.05) is 6.07 Å². The molecule has 0 aliphatic carbocycles. The molecule has 1 atom stereocenters. The number of nitrogens with zero attached hydrogens (tertiary/aromatic N) is 2. The molecular weight excluding hydrogens is 306 g/mol. The van der Waals surface area contributed by atoms with Gasteiger partial charge in [0.05, 0.1) is 18.3 Å². The molecule has 2 rings (SSSR count). The highest BCUT2D eigenvalue weighted by molar-refractivity contribution is 5.95. The Morgan fingerprint density at radius 3 is 2.58 bits per heavy atom. The molecule has 2 aromatic rings. The lowest BCUT2D eigenvalue weighted by Crippen LogP contribution is -2.38. The number of carbonyl (C=O) groups excluding carboxylic acids is 1. The van der Waals surface area contributed by atoms with Crippen molar-refractivity contribution in [3.63, 3.8) is 0 Å². The van der Waals surface area contributed by atoms with Crippen LogP contribution in [-0.4, -0.2) is 41.5 Å². The minimum Gasteiger partial charge on any atom is -0.382 e. The molecule has 0 aliphatic heterocycles. The van der Waals surface area contributed by atoms with E-state index in [9.17, 15) is 9.59 Å². The van der Waals surface area contributed by atoms with Crippen LogP contribution in [0.1, 0.15) is 38.9 Å². The first-order valence-corrected chi connectivity index (χ1v) is 7.75. The number of likely N-dealkylation sites (N-methyl/N-ethyl adjacent to an activating group) is 1. The summed E-state index contributed by atoms with van der Waals surface area (Å²) in [7, 11) is 3.23. The van der Waals surface area contributed by atoms with Crippen molar-refractivity contribution in [3.05, 3.63) is 62.8 Å². The SMILES string of the molecule is COCC(c1ccccn1)N(C)C(=O)c1c(C)c(C)c(C)[nH]c1=O. The maximum atomic E-state index is 13.0. The maximum absolute atomic E-state index is 13.0. The predicted molar refractivity (Wildman–Crippen MR) is 92.2 cm³/mol. The number of methoxy groups -OCH3 is 1. The standard InChI is InChI=1S/C18H23N3O3/c1-11-12(2)16(17(22)20-13(11)3)18(23)21(4)15(10-24-5)14-8-6-7-9-19-14/h6-9,15H,10H2,1-5H3,(H,20,22). The van der Waals surface area contributed by atoms with Crippen LogP contribution in [0.5, 0.6) is 0 Å². The summed E-state index contributed by atoms with van der Waals surface area (Å²) in [6.45, 7) is 5.80. The number of hydrogen-bond donors (Lipinski definition) is 1. The van der Waals surface area contributed by atoms with E-state index >= 15 is 0 Å². The van der Waals surface area contributed by atoms with Crippen molar-refractivity contribution < 1.29 is 9.53 Å². The maximum Gasteiger partial charge on any atom is 0.261 e. The zero-order chi connectivity index (χ0) is 17.9. The number of amides is 1. The molecule has 0 aliphatic rings. The summed E-state index contributed by atoms with van der Waals surface area (Å²) in [5, 5.41) is 0. The fraction of sp³-hybridized carbons (Fsp3) is 0.389. The van der Waals surface area contributed by atoms with Crippen molar-refractivity contribution >= 4 is 5.91 Å². The van der Waals surface area contributed by atoms with Crippen molar-refractivity contribution in [3.8, 4) is 0 Å². The van der Waals surface area contributed by atoms with Gasteiger partial charge in [-0.3, -0.25) is 14.6 Å². The number of aromatic nitrogens is 2. The molecule has 1 N–H and O–H groups in total. The van der Waals surface area contributed by atoms with E-state index in [2.05, 4.69) is 9.97 Å². The molecule has 24 heavy (non-hydrogen) atoms.